The highest BCUT2D eigenvalue weighted by Gasteiger charge is 2.17. The highest BCUT2D eigenvalue weighted by Crippen LogP contribution is 2.24. The van der Waals surface area contributed by atoms with E-state index < -0.39 is 10.0 Å². The lowest BCUT2D eigenvalue weighted by atomic mass is 9.92. The lowest BCUT2D eigenvalue weighted by molar-refractivity contribution is -0.121. The molecule has 1 amide bonds. The third-order valence-corrected chi connectivity index (χ3v) is 6.28. The van der Waals surface area contributed by atoms with E-state index in [1.165, 1.54) is 5.56 Å². The molecule has 2 aromatic rings. The number of nitrogens with one attached hydrogen (secondary N) is 2. The second-order valence-corrected chi connectivity index (χ2v) is 8.64. The van der Waals surface area contributed by atoms with Crippen molar-refractivity contribution in [3.8, 4) is 6.07 Å². The van der Waals surface area contributed by atoms with Crippen LogP contribution < -0.4 is 10.0 Å². The molecule has 1 aliphatic rings. The van der Waals surface area contributed by atoms with Gasteiger partial charge >= 0.3 is 0 Å². The summed E-state index contributed by atoms with van der Waals surface area (Å²) in [6.45, 7) is 0.329. The number of hydrogen-bond donors (Lipinski definition) is 2. The maximum Gasteiger partial charge on any atom is 0.240 e. The van der Waals surface area contributed by atoms with Gasteiger partial charge in [-0.05, 0) is 66.6 Å². The highest BCUT2D eigenvalue weighted by molar-refractivity contribution is 7.89. The Morgan fingerprint density at radius 3 is 2.64 bits per heavy atom. The lowest BCUT2D eigenvalue weighted by Gasteiger charge is -2.16. The van der Waals surface area contributed by atoms with Gasteiger partial charge in [-0.1, -0.05) is 18.2 Å². The van der Waals surface area contributed by atoms with Crippen LogP contribution in [0.4, 0.5) is 0 Å². The van der Waals surface area contributed by atoms with Gasteiger partial charge in [-0.15, -0.1) is 0 Å². The molecule has 0 atom stereocenters. The third kappa shape index (κ3) is 5.18. The fourth-order valence-electron chi connectivity index (χ4n) is 3.30. The van der Waals surface area contributed by atoms with Gasteiger partial charge in [0, 0.05) is 19.5 Å². The number of aryl methyl sites for hydroxylation is 2. The number of carbonyl (C=O) groups is 1. The zero-order valence-corrected chi connectivity index (χ0v) is 16.4. The molecule has 0 aliphatic heterocycles. The average molecular weight is 398 g/mol. The van der Waals surface area contributed by atoms with Gasteiger partial charge in [0.2, 0.25) is 15.9 Å². The van der Waals surface area contributed by atoms with E-state index in [0.29, 0.717) is 12.1 Å². The Morgan fingerprint density at radius 1 is 1.07 bits per heavy atom. The normalized spacial score (nSPS) is 13.4. The van der Waals surface area contributed by atoms with E-state index in [2.05, 4.69) is 16.1 Å². The van der Waals surface area contributed by atoms with Crippen LogP contribution in [0.3, 0.4) is 0 Å². The Balaban J connectivity index is 1.49. The van der Waals surface area contributed by atoms with Crippen molar-refractivity contribution in [3.63, 3.8) is 0 Å². The summed E-state index contributed by atoms with van der Waals surface area (Å²) in [5.74, 6) is -0.254. The van der Waals surface area contributed by atoms with Gasteiger partial charge in [-0.25, -0.2) is 13.1 Å². The van der Waals surface area contributed by atoms with Gasteiger partial charge in [0.15, 0.2) is 0 Å². The van der Waals surface area contributed by atoms with Gasteiger partial charge in [0.05, 0.1) is 16.5 Å². The summed E-state index contributed by atoms with van der Waals surface area (Å²) in [5.41, 5.74) is 3.68. The smallest absolute Gasteiger partial charge is 0.240 e. The summed E-state index contributed by atoms with van der Waals surface area (Å²) in [4.78, 5) is 12.2. The van der Waals surface area contributed by atoms with E-state index in [0.717, 1.165) is 36.8 Å². The van der Waals surface area contributed by atoms with E-state index in [1.54, 1.807) is 30.3 Å². The number of nitrogens with zero attached hydrogens (tertiary/aromatic N) is 1. The number of nitriles is 1. The fourth-order valence-corrected chi connectivity index (χ4v) is 4.38. The number of amides is 1. The summed E-state index contributed by atoms with van der Waals surface area (Å²) < 4.78 is 27.4. The standard InChI is InChI=1S/C21H23N3O3S/c22-14-16-4-3-5-17(12-16)15-23-21(25)10-11-24-28(26,27)20-9-8-18-6-1-2-7-19(18)13-20/h3-5,8-9,12-13,24H,1-2,6-7,10-11,15H2,(H,23,25). The SMILES string of the molecule is N#Cc1cccc(CNC(=O)CCNS(=O)(=O)c2ccc3c(c2)CCCC3)c1. The van der Waals surface area contributed by atoms with Crippen molar-refractivity contribution in [2.24, 2.45) is 0 Å². The maximum absolute atomic E-state index is 12.5. The van der Waals surface area contributed by atoms with Crippen molar-refractivity contribution in [2.45, 2.75) is 43.5 Å². The first kappa shape index (κ1) is 20.1. The molecule has 0 unspecified atom stereocenters. The van der Waals surface area contributed by atoms with Gasteiger partial charge in [0.25, 0.3) is 0 Å². The van der Waals surface area contributed by atoms with Gasteiger partial charge in [0.1, 0.15) is 0 Å². The molecule has 2 aromatic carbocycles. The molecule has 0 aromatic heterocycles. The van der Waals surface area contributed by atoms with Gasteiger partial charge in [-0.2, -0.15) is 5.26 Å². The second kappa shape index (κ2) is 9.00. The number of benzene rings is 2. The minimum Gasteiger partial charge on any atom is -0.352 e. The Bertz CT molecular complexity index is 1010. The zero-order valence-electron chi connectivity index (χ0n) is 15.6. The fraction of sp³-hybridized carbons (Fsp3) is 0.333. The largest absolute Gasteiger partial charge is 0.352 e. The van der Waals surface area contributed by atoms with Crippen molar-refractivity contribution in [1.82, 2.24) is 10.0 Å². The molecule has 0 radical (unpaired) electrons. The minimum atomic E-state index is -3.63. The summed E-state index contributed by atoms with van der Waals surface area (Å²) in [6, 6.07) is 14.3. The number of rotatable bonds is 7. The third-order valence-electron chi connectivity index (χ3n) is 4.82. The Labute approximate surface area is 165 Å². The minimum absolute atomic E-state index is 0.0312. The average Bonchev–Trinajstić information content (AvgIpc) is 2.72. The molecule has 28 heavy (non-hydrogen) atoms. The van der Waals surface area contributed by atoms with E-state index in [-0.39, 0.29) is 23.8 Å². The van der Waals surface area contributed by atoms with E-state index in [9.17, 15) is 13.2 Å². The van der Waals surface area contributed by atoms with Gasteiger partial charge < -0.3 is 5.32 Å². The van der Waals surface area contributed by atoms with Crippen molar-refractivity contribution in [3.05, 3.63) is 64.7 Å². The first-order chi connectivity index (χ1) is 13.5. The Morgan fingerprint density at radius 2 is 1.86 bits per heavy atom. The van der Waals surface area contributed by atoms with Crippen molar-refractivity contribution in [1.29, 1.82) is 5.26 Å². The molecular formula is C21H23N3O3S. The second-order valence-electron chi connectivity index (χ2n) is 6.87. The molecule has 0 bridgehead atoms. The summed E-state index contributed by atoms with van der Waals surface area (Å²) >= 11 is 0. The van der Waals surface area contributed by atoms with E-state index in [4.69, 9.17) is 5.26 Å². The molecule has 1 aliphatic carbocycles. The summed E-state index contributed by atoms with van der Waals surface area (Å²) in [7, 11) is -3.63. The number of hydrogen-bond acceptors (Lipinski definition) is 4. The highest BCUT2D eigenvalue weighted by atomic mass is 32.2. The monoisotopic (exact) mass is 397 g/mol. The number of sulfonamides is 1. The van der Waals surface area contributed by atoms with Gasteiger partial charge in [-0.3, -0.25) is 4.79 Å². The molecule has 0 saturated heterocycles. The Kier molecular flexibility index (Phi) is 6.45. The quantitative estimate of drug-likeness (QED) is 0.749. The molecule has 2 N–H and O–H groups in total. The molecule has 0 fully saturated rings. The number of carbonyl (C=O) groups excluding carboxylic acids is 1. The van der Waals surface area contributed by atoms with Crippen molar-refractivity contribution >= 4 is 15.9 Å². The van der Waals surface area contributed by atoms with E-state index >= 15 is 0 Å². The van der Waals surface area contributed by atoms with Crippen LogP contribution in [0.2, 0.25) is 0 Å². The molecular weight excluding hydrogens is 374 g/mol. The summed E-state index contributed by atoms with van der Waals surface area (Å²) in [6.07, 6.45) is 4.19. The molecule has 6 nitrogen and oxygen atoms in total. The van der Waals surface area contributed by atoms with Crippen LogP contribution in [0, 0.1) is 11.3 Å². The number of fused-ring (bicyclic) bond motifs is 1. The predicted molar refractivity (Wildman–Crippen MR) is 106 cm³/mol. The van der Waals surface area contributed by atoms with E-state index in [1.807, 2.05) is 12.1 Å². The molecule has 0 heterocycles. The van der Waals surface area contributed by atoms with Crippen LogP contribution in [-0.2, 0) is 34.2 Å². The Hall–Kier alpha value is -2.69. The lowest BCUT2D eigenvalue weighted by Crippen LogP contribution is -2.30. The summed E-state index contributed by atoms with van der Waals surface area (Å²) in [5, 5.41) is 11.6. The zero-order chi connectivity index (χ0) is 20.0. The first-order valence-corrected chi connectivity index (χ1v) is 10.8. The molecule has 146 valence electrons. The van der Waals surface area contributed by atoms with Crippen molar-refractivity contribution < 1.29 is 13.2 Å². The van der Waals surface area contributed by atoms with Crippen LogP contribution in [-0.4, -0.2) is 20.9 Å². The topological polar surface area (TPSA) is 99.1 Å². The van der Waals surface area contributed by atoms with Crippen LogP contribution >= 0.6 is 0 Å². The molecule has 0 saturated carbocycles. The predicted octanol–water partition coefficient (Wildman–Crippen LogP) is 2.42. The van der Waals surface area contributed by atoms with Crippen LogP contribution in [0.25, 0.3) is 0 Å². The molecule has 7 heteroatoms. The maximum atomic E-state index is 12.5. The van der Waals surface area contributed by atoms with Crippen LogP contribution in [0.15, 0.2) is 47.4 Å². The molecule has 0 spiro atoms. The first-order valence-electron chi connectivity index (χ1n) is 9.35. The van der Waals surface area contributed by atoms with Crippen LogP contribution in [0.5, 0.6) is 0 Å². The van der Waals surface area contributed by atoms with Crippen molar-refractivity contribution in [2.75, 3.05) is 6.54 Å². The molecule has 3 rings (SSSR count). The van der Waals surface area contributed by atoms with Crippen LogP contribution in [0.1, 0.15) is 41.5 Å².